The summed E-state index contributed by atoms with van der Waals surface area (Å²) in [6.45, 7) is 31.0. The summed E-state index contributed by atoms with van der Waals surface area (Å²) in [6, 6.07) is 0. The molecule has 0 aromatic rings. The molecule has 0 aromatic heterocycles. The molecule has 5 fully saturated rings. The minimum absolute atomic E-state index is 0.312. The molecule has 2 heterocycles. The highest BCUT2D eigenvalue weighted by Crippen LogP contribution is 2.31. The molecule has 0 spiro atoms. The van der Waals surface area contributed by atoms with Gasteiger partial charge < -0.3 is 18.9 Å². The molecule has 2 saturated heterocycles. The van der Waals surface area contributed by atoms with Gasteiger partial charge >= 0.3 is 0 Å². The lowest BCUT2D eigenvalue weighted by Crippen LogP contribution is -2.14. The number of rotatable bonds is 15. The fourth-order valence-electron chi connectivity index (χ4n) is 5.46. The third-order valence-electron chi connectivity index (χ3n) is 11.1. The zero-order chi connectivity index (χ0) is 45.8. The normalized spacial score (nSPS) is 17.9. The van der Waals surface area contributed by atoms with Crippen LogP contribution in [0.4, 0.5) is 0 Å². The molecule has 7 heteroatoms. The van der Waals surface area contributed by atoms with E-state index in [-0.39, 0.29) is 0 Å². The van der Waals surface area contributed by atoms with Crippen LogP contribution >= 0.6 is 0 Å². The standard InChI is InChI=1S/C7H14O.C6H12O.C6H12.2C5H12O.2C5H10.C5H12.C4H10O2S.C4H10/c1-2-7-3-5-8-6-4-7;1-2-6-4-3-5-7-6;1-2-6-4-3-5-6;2*1-3-4-5-6-2;1-5-3-2-4-5;1-2-5-3-4-5;1-3-5-4-2;1-3-4-7(2,5)6;1-3-4-2/h7H,2-6H2,1H3;6H,2-5H2,1H3;6H,2-5H2,1H3;2*3-5H2,1-2H3;2*5H,2-4H2,1H3;3-5H2,1-2H3;3-4H2,1-2H3;3-4H2,1-2H3. The van der Waals surface area contributed by atoms with Gasteiger partial charge in [0.2, 0.25) is 0 Å². The molecule has 6 nitrogen and oxygen atoms in total. The van der Waals surface area contributed by atoms with Crippen LogP contribution in [0.1, 0.15) is 250 Å². The molecule has 364 valence electrons. The lowest BCUT2D eigenvalue weighted by atomic mass is 9.84. The minimum Gasteiger partial charge on any atom is -0.385 e. The third kappa shape index (κ3) is 69.7. The van der Waals surface area contributed by atoms with Gasteiger partial charge in [0.05, 0.1) is 6.10 Å². The Morgan fingerprint density at radius 2 is 0.881 bits per heavy atom. The lowest BCUT2D eigenvalue weighted by Gasteiger charge is -2.22. The summed E-state index contributed by atoms with van der Waals surface area (Å²) in [5.74, 6) is 4.59. The molecular weight excluding hydrogens is 753 g/mol. The number of hydrogen-bond donors (Lipinski definition) is 0. The number of methoxy groups -OCH3 is 2. The van der Waals surface area contributed by atoms with Crippen molar-refractivity contribution >= 4 is 9.84 Å². The van der Waals surface area contributed by atoms with Gasteiger partial charge in [-0.2, -0.15) is 0 Å². The predicted molar refractivity (Wildman–Crippen MR) is 266 cm³/mol. The number of ether oxygens (including phenoxy) is 4. The third-order valence-corrected chi connectivity index (χ3v) is 12.2. The zero-order valence-electron chi connectivity index (χ0n) is 43.4. The van der Waals surface area contributed by atoms with Crippen molar-refractivity contribution in [2.75, 3.05) is 59.3 Å². The first-order valence-electron chi connectivity index (χ1n) is 25.7. The van der Waals surface area contributed by atoms with Crippen molar-refractivity contribution in [2.45, 2.75) is 256 Å². The summed E-state index contributed by atoms with van der Waals surface area (Å²) in [7, 11) is 0.789. The molecule has 5 aliphatic rings. The van der Waals surface area contributed by atoms with Crippen LogP contribution < -0.4 is 0 Å². The van der Waals surface area contributed by atoms with E-state index in [1.54, 1.807) is 14.2 Å². The van der Waals surface area contributed by atoms with E-state index in [1.807, 2.05) is 6.92 Å². The van der Waals surface area contributed by atoms with E-state index in [4.69, 9.17) is 18.9 Å². The van der Waals surface area contributed by atoms with Crippen LogP contribution in [0.15, 0.2) is 0 Å². The SMILES string of the molecule is CC1CCC1.CCC1CC1.CCC1CCC1.CCC1CCCO1.CCC1CCOCC1.CCCC.CCCCC.CCCCOC.CCCCOC.CCCS(C)(=O)=O. The molecule has 3 aliphatic carbocycles. The average molecular weight is 868 g/mol. The molecule has 3 saturated carbocycles. The lowest BCUT2D eigenvalue weighted by molar-refractivity contribution is 0.0654. The Morgan fingerprint density at radius 1 is 0.475 bits per heavy atom. The Morgan fingerprint density at radius 3 is 0.983 bits per heavy atom. The first-order chi connectivity index (χ1) is 28.3. The molecule has 5 rings (SSSR count). The van der Waals surface area contributed by atoms with Gasteiger partial charge in [-0.05, 0) is 75.0 Å². The van der Waals surface area contributed by atoms with E-state index in [9.17, 15) is 8.42 Å². The Balaban J connectivity index is -0.000000184. The van der Waals surface area contributed by atoms with Crippen LogP contribution in [-0.2, 0) is 28.8 Å². The Labute approximate surface area is 374 Å². The van der Waals surface area contributed by atoms with Gasteiger partial charge in [-0.1, -0.05) is 199 Å². The second-order valence-electron chi connectivity index (χ2n) is 17.3. The van der Waals surface area contributed by atoms with E-state index >= 15 is 0 Å². The predicted octanol–water partition coefficient (Wildman–Crippen LogP) is 16.5. The summed E-state index contributed by atoms with van der Waals surface area (Å²) in [5, 5.41) is 0. The Bertz CT molecular complexity index is 760. The average Bonchev–Trinajstić information content (AvgIpc) is 3.92. The summed E-state index contributed by atoms with van der Waals surface area (Å²) >= 11 is 0. The van der Waals surface area contributed by atoms with E-state index in [1.165, 1.54) is 167 Å². The van der Waals surface area contributed by atoms with Crippen molar-refractivity contribution in [3.8, 4) is 0 Å². The molecular formula is C52H114O6S. The highest BCUT2D eigenvalue weighted by atomic mass is 32.2. The molecule has 0 radical (unpaired) electrons. The van der Waals surface area contributed by atoms with Gasteiger partial charge in [0.15, 0.2) is 0 Å². The van der Waals surface area contributed by atoms with Crippen molar-refractivity contribution in [2.24, 2.45) is 23.7 Å². The van der Waals surface area contributed by atoms with E-state index < -0.39 is 9.84 Å². The van der Waals surface area contributed by atoms with Crippen molar-refractivity contribution in [1.82, 2.24) is 0 Å². The van der Waals surface area contributed by atoms with Crippen LogP contribution in [0.2, 0.25) is 0 Å². The summed E-state index contributed by atoms with van der Waals surface area (Å²) in [6.07, 6.45) is 36.6. The number of unbranched alkanes of at least 4 members (excludes halogenated alkanes) is 5. The monoisotopic (exact) mass is 867 g/mol. The van der Waals surface area contributed by atoms with Crippen molar-refractivity contribution in [3.05, 3.63) is 0 Å². The molecule has 1 unspecified atom stereocenters. The quantitative estimate of drug-likeness (QED) is 0.153. The molecule has 0 amide bonds. The van der Waals surface area contributed by atoms with Gasteiger partial charge in [-0.15, -0.1) is 0 Å². The van der Waals surface area contributed by atoms with Crippen LogP contribution in [0.5, 0.6) is 0 Å². The fourth-order valence-corrected chi connectivity index (χ4v) is 6.20. The Kier molecular flexibility index (Phi) is 66.5. The second-order valence-corrected chi connectivity index (χ2v) is 19.5. The van der Waals surface area contributed by atoms with Crippen molar-refractivity contribution < 1.29 is 27.4 Å². The smallest absolute Gasteiger partial charge is 0.147 e. The van der Waals surface area contributed by atoms with Crippen molar-refractivity contribution in [1.29, 1.82) is 0 Å². The summed E-state index contributed by atoms with van der Waals surface area (Å²) in [5.41, 5.74) is 0. The summed E-state index contributed by atoms with van der Waals surface area (Å²) in [4.78, 5) is 0. The van der Waals surface area contributed by atoms with Gasteiger partial charge in [-0.25, -0.2) is 8.42 Å². The maximum atomic E-state index is 10.2. The molecule has 59 heavy (non-hydrogen) atoms. The molecule has 1 atom stereocenters. The van der Waals surface area contributed by atoms with Gasteiger partial charge in [-0.3, -0.25) is 0 Å². The van der Waals surface area contributed by atoms with Crippen LogP contribution in [-0.4, -0.2) is 73.8 Å². The molecule has 0 N–H and O–H groups in total. The first kappa shape index (κ1) is 67.9. The van der Waals surface area contributed by atoms with Crippen molar-refractivity contribution in [3.63, 3.8) is 0 Å². The van der Waals surface area contributed by atoms with Crippen LogP contribution in [0, 0.1) is 23.7 Å². The maximum absolute atomic E-state index is 10.2. The minimum atomic E-state index is -2.67. The Hall–Kier alpha value is -0.210. The molecule has 0 bridgehead atoms. The van der Waals surface area contributed by atoms with Gasteiger partial charge in [0.25, 0.3) is 0 Å². The number of sulfone groups is 1. The zero-order valence-corrected chi connectivity index (χ0v) is 44.2. The second kappa shape index (κ2) is 57.8. The maximum Gasteiger partial charge on any atom is 0.147 e. The molecule has 0 aromatic carbocycles. The van der Waals surface area contributed by atoms with Crippen LogP contribution in [0.3, 0.4) is 0 Å². The van der Waals surface area contributed by atoms with E-state index in [0.717, 1.165) is 63.1 Å². The largest absolute Gasteiger partial charge is 0.385 e. The highest BCUT2D eigenvalue weighted by Gasteiger charge is 2.17. The van der Waals surface area contributed by atoms with Gasteiger partial charge in [0, 0.05) is 59.3 Å². The molecule has 2 aliphatic heterocycles. The fraction of sp³-hybridized carbons (Fsp3) is 1.00. The summed E-state index contributed by atoms with van der Waals surface area (Å²) < 4.78 is 40.5. The first-order valence-corrected chi connectivity index (χ1v) is 27.7. The topological polar surface area (TPSA) is 71.1 Å². The number of hydrogen-bond acceptors (Lipinski definition) is 6. The van der Waals surface area contributed by atoms with Gasteiger partial charge in [0.1, 0.15) is 9.84 Å². The highest BCUT2D eigenvalue weighted by molar-refractivity contribution is 7.90. The van der Waals surface area contributed by atoms with E-state index in [0.29, 0.717) is 11.9 Å². The van der Waals surface area contributed by atoms with Crippen LogP contribution in [0.25, 0.3) is 0 Å². The van der Waals surface area contributed by atoms with E-state index in [2.05, 4.69) is 76.2 Å².